The summed E-state index contributed by atoms with van der Waals surface area (Å²) >= 11 is 3.12. The zero-order valence-electron chi connectivity index (χ0n) is 4.08. The zero-order valence-corrected chi connectivity index (χ0v) is 5.67. The van der Waals surface area contributed by atoms with Gasteiger partial charge in [0.15, 0.2) is 0 Å². The molecule has 44 valence electrons. The predicted molar refractivity (Wildman–Crippen MR) is 35.7 cm³/mol. The Bertz CT molecular complexity index is 140. The second-order valence-electron chi connectivity index (χ2n) is 1.29. The molecule has 1 aliphatic heterocycles. The molecule has 0 saturated carbocycles. The number of nitrogens with zero attached hydrogens (tertiary/aromatic N) is 3. The van der Waals surface area contributed by atoms with E-state index in [4.69, 9.17) is 5.73 Å². The summed E-state index contributed by atoms with van der Waals surface area (Å²) in [5.74, 6) is 0.444. The molecule has 1 aliphatic rings. The molecule has 0 aromatic heterocycles. The number of guanidine groups is 1. The molecule has 8 heavy (non-hydrogen) atoms. The van der Waals surface area contributed by atoms with Gasteiger partial charge in [-0.15, -0.1) is 0 Å². The first kappa shape index (κ1) is 5.55. The minimum absolute atomic E-state index is 0.444. The van der Waals surface area contributed by atoms with Crippen LogP contribution < -0.4 is 5.73 Å². The molecular formula is C3H5BrN4. The van der Waals surface area contributed by atoms with Gasteiger partial charge in [0.05, 0.1) is 16.1 Å². The largest absolute Gasteiger partial charge is 0.369 e. The molecule has 1 heterocycles. The Hall–Kier alpha value is -0.580. The second-order valence-corrected chi connectivity index (χ2v) is 2.15. The van der Waals surface area contributed by atoms with E-state index in [-0.39, 0.29) is 0 Å². The van der Waals surface area contributed by atoms with Crippen LogP contribution in [0.3, 0.4) is 0 Å². The van der Waals surface area contributed by atoms with Crippen LogP contribution in [0.25, 0.3) is 0 Å². The van der Waals surface area contributed by atoms with Gasteiger partial charge >= 0.3 is 0 Å². The molecule has 0 atom stereocenters. The maximum absolute atomic E-state index is 5.32. The van der Waals surface area contributed by atoms with Crippen LogP contribution in [-0.4, -0.2) is 22.9 Å². The van der Waals surface area contributed by atoms with Crippen molar-refractivity contribution in [1.82, 2.24) is 3.93 Å². The van der Waals surface area contributed by atoms with Crippen molar-refractivity contribution in [2.24, 2.45) is 15.7 Å². The van der Waals surface area contributed by atoms with Crippen LogP contribution in [0.15, 0.2) is 9.98 Å². The summed E-state index contributed by atoms with van der Waals surface area (Å²) in [6, 6.07) is 0. The average Bonchev–Trinajstić information content (AvgIpc) is 1.77. The predicted octanol–water partition coefficient (Wildman–Crippen LogP) is -0.0876. The van der Waals surface area contributed by atoms with E-state index in [0.717, 1.165) is 0 Å². The maximum atomic E-state index is 5.32. The highest BCUT2D eigenvalue weighted by Gasteiger charge is 2.02. The highest BCUT2D eigenvalue weighted by Crippen LogP contribution is 1.98. The summed E-state index contributed by atoms with van der Waals surface area (Å²) in [6.07, 6.45) is 1.44. The van der Waals surface area contributed by atoms with E-state index in [1.54, 1.807) is 3.93 Å². The quantitative estimate of drug-likeness (QED) is 0.525. The van der Waals surface area contributed by atoms with Gasteiger partial charge in [0, 0.05) is 0 Å². The van der Waals surface area contributed by atoms with E-state index in [2.05, 4.69) is 26.1 Å². The molecule has 0 aromatic rings. The molecule has 2 N–H and O–H groups in total. The summed E-state index contributed by atoms with van der Waals surface area (Å²) < 4.78 is 1.58. The molecule has 0 spiro atoms. The number of hydrogen-bond acceptors (Lipinski definition) is 4. The normalized spacial score (nSPS) is 18.6. The third-order valence-corrected chi connectivity index (χ3v) is 1.31. The first-order valence-electron chi connectivity index (χ1n) is 2.05. The Morgan fingerprint density at radius 3 is 3.00 bits per heavy atom. The fraction of sp³-hybridized carbons (Fsp3) is 0.333. The Kier molecular flexibility index (Phi) is 1.48. The van der Waals surface area contributed by atoms with Gasteiger partial charge in [-0.3, -0.25) is 8.92 Å². The molecule has 0 aromatic carbocycles. The third-order valence-electron chi connectivity index (χ3n) is 0.726. The van der Waals surface area contributed by atoms with E-state index < -0.39 is 0 Å². The zero-order chi connectivity index (χ0) is 5.98. The molecule has 0 aliphatic carbocycles. The van der Waals surface area contributed by atoms with Gasteiger partial charge in [0.2, 0.25) is 5.96 Å². The SMILES string of the molecule is NC1=NC=NCN1Br. The number of nitrogens with two attached hydrogens (primary N) is 1. The Balaban J connectivity index is 2.66. The van der Waals surface area contributed by atoms with Crippen molar-refractivity contribution in [2.75, 3.05) is 6.67 Å². The van der Waals surface area contributed by atoms with Gasteiger partial charge in [-0.1, -0.05) is 0 Å². The summed E-state index contributed by atoms with van der Waals surface area (Å²) in [7, 11) is 0. The van der Waals surface area contributed by atoms with Crippen LogP contribution in [0.2, 0.25) is 0 Å². The van der Waals surface area contributed by atoms with Gasteiger partial charge < -0.3 is 5.73 Å². The first-order valence-corrected chi connectivity index (χ1v) is 2.76. The minimum Gasteiger partial charge on any atom is -0.369 e. The van der Waals surface area contributed by atoms with Crippen molar-refractivity contribution < 1.29 is 0 Å². The topological polar surface area (TPSA) is 54.0 Å². The van der Waals surface area contributed by atoms with Crippen LogP contribution in [0, 0.1) is 0 Å². The summed E-state index contributed by atoms with van der Waals surface area (Å²) in [6.45, 7) is 0.537. The van der Waals surface area contributed by atoms with Gasteiger partial charge in [-0.25, -0.2) is 4.99 Å². The van der Waals surface area contributed by atoms with Crippen molar-refractivity contribution >= 4 is 28.4 Å². The average molecular weight is 177 g/mol. The smallest absolute Gasteiger partial charge is 0.209 e. The first-order chi connectivity index (χ1) is 3.80. The monoisotopic (exact) mass is 176 g/mol. The molecule has 0 fully saturated rings. The van der Waals surface area contributed by atoms with Crippen molar-refractivity contribution in [1.29, 1.82) is 0 Å². The molecular weight excluding hydrogens is 172 g/mol. The van der Waals surface area contributed by atoms with Gasteiger partial charge in [-0.05, 0) is 0 Å². The molecule has 0 bridgehead atoms. The standard InChI is InChI=1S/C3H5BrN4/c4-8-2-6-1-7-3(8)5/h1H,2H2,(H2,5,6,7). The third kappa shape index (κ3) is 0.975. The number of hydrogen-bond donors (Lipinski definition) is 1. The van der Waals surface area contributed by atoms with Crippen LogP contribution in [0.5, 0.6) is 0 Å². The molecule has 5 heteroatoms. The lowest BCUT2D eigenvalue weighted by Crippen LogP contribution is -2.31. The van der Waals surface area contributed by atoms with Crippen molar-refractivity contribution in [3.63, 3.8) is 0 Å². The Morgan fingerprint density at radius 1 is 1.88 bits per heavy atom. The van der Waals surface area contributed by atoms with Gasteiger partial charge in [0.1, 0.15) is 13.0 Å². The van der Waals surface area contributed by atoms with Gasteiger partial charge in [0.25, 0.3) is 0 Å². The Morgan fingerprint density at radius 2 is 2.62 bits per heavy atom. The van der Waals surface area contributed by atoms with E-state index in [1.165, 1.54) is 6.34 Å². The van der Waals surface area contributed by atoms with E-state index >= 15 is 0 Å². The van der Waals surface area contributed by atoms with Crippen LogP contribution in [-0.2, 0) is 0 Å². The number of aliphatic imine (C=N–C) groups is 2. The molecule has 1 rings (SSSR count). The number of rotatable bonds is 0. The number of halogens is 1. The van der Waals surface area contributed by atoms with Crippen molar-refractivity contribution in [3.8, 4) is 0 Å². The fourth-order valence-electron chi connectivity index (χ4n) is 0.343. The molecule has 0 amide bonds. The summed E-state index contributed by atoms with van der Waals surface area (Å²) in [5, 5.41) is 0. The van der Waals surface area contributed by atoms with Crippen molar-refractivity contribution in [3.05, 3.63) is 0 Å². The fourth-order valence-corrected chi connectivity index (χ4v) is 0.564. The highest BCUT2D eigenvalue weighted by atomic mass is 79.9. The van der Waals surface area contributed by atoms with E-state index in [1.807, 2.05) is 0 Å². The van der Waals surface area contributed by atoms with Crippen LogP contribution in [0.4, 0.5) is 0 Å². The van der Waals surface area contributed by atoms with E-state index in [9.17, 15) is 0 Å². The van der Waals surface area contributed by atoms with E-state index in [0.29, 0.717) is 12.6 Å². The van der Waals surface area contributed by atoms with Crippen LogP contribution in [0.1, 0.15) is 0 Å². The lowest BCUT2D eigenvalue weighted by Gasteiger charge is -2.13. The van der Waals surface area contributed by atoms with Gasteiger partial charge in [-0.2, -0.15) is 0 Å². The summed E-state index contributed by atoms with van der Waals surface area (Å²) in [4.78, 5) is 7.49. The second kappa shape index (κ2) is 2.13. The minimum atomic E-state index is 0.444. The lowest BCUT2D eigenvalue weighted by molar-refractivity contribution is 0.698. The summed E-state index contributed by atoms with van der Waals surface area (Å²) in [5.41, 5.74) is 5.32. The molecule has 0 unspecified atom stereocenters. The van der Waals surface area contributed by atoms with Crippen LogP contribution >= 0.6 is 16.1 Å². The lowest BCUT2D eigenvalue weighted by atomic mass is 10.8. The Labute approximate surface area is 55.4 Å². The highest BCUT2D eigenvalue weighted by molar-refractivity contribution is 9.07. The molecule has 0 saturated heterocycles. The molecule has 4 nitrogen and oxygen atoms in total. The molecule has 0 radical (unpaired) electrons. The van der Waals surface area contributed by atoms with Crippen molar-refractivity contribution in [2.45, 2.75) is 0 Å². The maximum Gasteiger partial charge on any atom is 0.209 e.